The molecule has 112 valence electrons. The Balaban J connectivity index is 2.25. The molecule has 0 spiro atoms. The van der Waals surface area contributed by atoms with Crippen molar-refractivity contribution in [3.05, 3.63) is 64.7 Å². The lowest BCUT2D eigenvalue weighted by Crippen LogP contribution is -2.19. The first-order chi connectivity index (χ1) is 9.99. The van der Waals surface area contributed by atoms with Gasteiger partial charge in [0.25, 0.3) is 0 Å². The van der Waals surface area contributed by atoms with Gasteiger partial charge in [0.05, 0.1) is 0 Å². The molecule has 1 N–H and O–H groups in total. The average Bonchev–Trinajstić information content (AvgIpc) is 2.44. The van der Waals surface area contributed by atoms with Crippen LogP contribution in [0.3, 0.4) is 0 Å². The van der Waals surface area contributed by atoms with E-state index in [4.69, 9.17) is 0 Å². The van der Waals surface area contributed by atoms with Crippen molar-refractivity contribution in [3.63, 3.8) is 0 Å². The zero-order valence-electron chi connectivity index (χ0n) is 13.8. The van der Waals surface area contributed by atoms with Crippen molar-refractivity contribution in [2.24, 2.45) is 0 Å². The largest absolute Gasteiger partial charge is 0.378 e. The summed E-state index contributed by atoms with van der Waals surface area (Å²) in [6, 6.07) is 15.9. The smallest absolute Gasteiger partial charge is 0.0364 e. The quantitative estimate of drug-likeness (QED) is 0.895. The van der Waals surface area contributed by atoms with Crippen LogP contribution in [0.15, 0.2) is 42.5 Å². The Hall–Kier alpha value is -1.80. The molecule has 1 atom stereocenters. The van der Waals surface area contributed by atoms with Gasteiger partial charge in [-0.2, -0.15) is 0 Å². The second-order valence-electron chi connectivity index (χ2n) is 6.03. The lowest BCUT2D eigenvalue weighted by atomic mass is 9.96. The Labute approximate surface area is 128 Å². The van der Waals surface area contributed by atoms with Gasteiger partial charge in [0.1, 0.15) is 0 Å². The van der Waals surface area contributed by atoms with Gasteiger partial charge in [-0.25, -0.2) is 0 Å². The van der Waals surface area contributed by atoms with E-state index in [1.54, 1.807) is 0 Å². The molecule has 0 aliphatic heterocycles. The molecule has 2 heteroatoms. The van der Waals surface area contributed by atoms with Crippen LogP contribution in [0.25, 0.3) is 0 Å². The predicted molar refractivity (Wildman–Crippen MR) is 92.2 cm³/mol. The molecule has 0 saturated carbocycles. The molecule has 0 radical (unpaired) electrons. The third-order valence-electron chi connectivity index (χ3n) is 3.86. The Bertz CT molecular complexity index is 582. The van der Waals surface area contributed by atoms with E-state index in [1.165, 1.54) is 27.9 Å². The number of nitrogens with one attached hydrogen (secondary N) is 1. The van der Waals surface area contributed by atoms with E-state index in [0.29, 0.717) is 6.04 Å². The summed E-state index contributed by atoms with van der Waals surface area (Å²) in [7, 11) is 6.20. The summed E-state index contributed by atoms with van der Waals surface area (Å²) in [5.41, 5.74) is 6.64. The third-order valence-corrected chi connectivity index (χ3v) is 3.86. The minimum absolute atomic E-state index is 0.339. The highest BCUT2D eigenvalue weighted by molar-refractivity contribution is 5.48. The van der Waals surface area contributed by atoms with Crippen molar-refractivity contribution in [1.82, 2.24) is 5.32 Å². The molecular formula is C19H26N2. The van der Waals surface area contributed by atoms with Crippen LogP contribution in [0.5, 0.6) is 0 Å². The van der Waals surface area contributed by atoms with Crippen molar-refractivity contribution in [1.29, 1.82) is 0 Å². The lowest BCUT2D eigenvalue weighted by molar-refractivity contribution is 0.591. The van der Waals surface area contributed by atoms with Crippen LogP contribution in [-0.2, 0) is 6.42 Å². The summed E-state index contributed by atoms with van der Waals surface area (Å²) in [5.74, 6) is 0. The van der Waals surface area contributed by atoms with Gasteiger partial charge >= 0.3 is 0 Å². The van der Waals surface area contributed by atoms with E-state index in [0.717, 1.165) is 6.42 Å². The van der Waals surface area contributed by atoms with Crippen molar-refractivity contribution in [2.75, 3.05) is 26.0 Å². The lowest BCUT2D eigenvalue weighted by Gasteiger charge is -2.20. The molecule has 2 nitrogen and oxygen atoms in total. The van der Waals surface area contributed by atoms with Gasteiger partial charge in [-0.15, -0.1) is 0 Å². The molecule has 2 rings (SSSR count). The van der Waals surface area contributed by atoms with E-state index in [2.05, 4.69) is 80.6 Å². The second-order valence-corrected chi connectivity index (χ2v) is 6.03. The number of hydrogen-bond acceptors (Lipinski definition) is 2. The standard InChI is InChI=1S/C19H26N2/c1-14-9-15(2)11-16(10-14)12-19(20-3)17-7-6-8-18(13-17)21(4)5/h6-11,13,19-20H,12H2,1-5H3. The molecule has 0 fully saturated rings. The molecule has 0 amide bonds. The molecule has 0 saturated heterocycles. The Kier molecular flexibility index (Phi) is 5.03. The summed E-state index contributed by atoms with van der Waals surface area (Å²) in [6.07, 6.45) is 1.01. The van der Waals surface area contributed by atoms with Crippen LogP contribution >= 0.6 is 0 Å². The van der Waals surface area contributed by atoms with Crippen molar-refractivity contribution in [3.8, 4) is 0 Å². The van der Waals surface area contributed by atoms with Gasteiger partial charge < -0.3 is 10.2 Å². The van der Waals surface area contributed by atoms with Gasteiger partial charge in [-0.3, -0.25) is 0 Å². The molecule has 0 aliphatic rings. The molecule has 0 bridgehead atoms. The minimum atomic E-state index is 0.339. The Morgan fingerprint density at radius 1 is 1.00 bits per heavy atom. The van der Waals surface area contributed by atoms with Gasteiger partial charge in [-0.05, 0) is 50.6 Å². The summed E-state index contributed by atoms with van der Waals surface area (Å²) < 4.78 is 0. The van der Waals surface area contributed by atoms with Crippen LogP contribution in [0.1, 0.15) is 28.3 Å². The van der Waals surface area contributed by atoms with E-state index < -0.39 is 0 Å². The highest BCUT2D eigenvalue weighted by Gasteiger charge is 2.11. The van der Waals surface area contributed by atoms with Gasteiger partial charge in [0, 0.05) is 25.8 Å². The summed E-state index contributed by atoms with van der Waals surface area (Å²) in [4.78, 5) is 2.15. The van der Waals surface area contributed by atoms with E-state index in [-0.39, 0.29) is 0 Å². The number of nitrogens with zero attached hydrogens (tertiary/aromatic N) is 1. The summed E-state index contributed by atoms with van der Waals surface area (Å²) >= 11 is 0. The average molecular weight is 282 g/mol. The maximum absolute atomic E-state index is 3.45. The number of anilines is 1. The fraction of sp³-hybridized carbons (Fsp3) is 0.368. The minimum Gasteiger partial charge on any atom is -0.378 e. The Morgan fingerprint density at radius 2 is 1.67 bits per heavy atom. The number of hydrogen-bond donors (Lipinski definition) is 1. The monoisotopic (exact) mass is 282 g/mol. The van der Waals surface area contributed by atoms with Crippen LogP contribution in [0, 0.1) is 13.8 Å². The van der Waals surface area contributed by atoms with Crippen LogP contribution < -0.4 is 10.2 Å². The maximum atomic E-state index is 3.45. The summed E-state index contributed by atoms with van der Waals surface area (Å²) in [6.45, 7) is 4.33. The van der Waals surface area contributed by atoms with E-state index >= 15 is 0 Å². The van der Waals surface area contributed by atoms with Crippen molar-refractivity contribution >= 4 is 5.69 Å². The fourth-order valence-corrected chi connectivity index (χ4v) is 2.83. The number of rotatable bonds is 5. The zero-order chi connectivity index (χ0) is 15.4. The first-order valence-electron chi connectivity index (χ1n) is 7.51. The van der Waals surface area contributed by atoms with E-state index in [9.17, 15) is 0 Å². The first kappa shape index (κ1) is 15.6. The Morgan fingerprint density at radius 3 is 2.24 bits per heavy atom. The first-order valence-corrected chi connectivity index (χ1v) is 7.51. The fourth-order valence-electron chi connectivity index (χ4n) is 2.83. The number of benzene rings is 2. The number of likely N-dealkylation sites (N-methyl/N-ethyl adjacent to an activating group) is 1. The molecule has 0 aromatic heterocycles. The highest BCUT2D eigenvalue weighted by atomic mass is 15.1. The molecule has 0 aliphatic carbocycles. The van der Waals surface area contributed by atoms with Crippen molar-refractivity contribution in [2.45, 2.75) is 26.3 Å². The van der Waals surface area contributed by atoms with E-state index in [1.807, 2.05) is 7.05 Å². The van der Waals surface area contributed by atoms with Crippen LogP contribution in [0.2, 0.25) is 0 Å². The van der Waals surface area contributed by atoms with Gasteiger partial charge in [-0.1, -0.05) is 41.5 Å². The highest BCUT2D eigenvalue weighted by Crippen LogP contribution is 2.23. The van der Waals surface area contributed by atoms with Crippen molar-refractivity contribution < 1.29 is 0 Å². The SMILES string of the molecule is CNC(Cc1cc(C)cc(C)c1)c1cccc(N(C)C)c1. The topological polar surface area (TPSA) is 15.3 Å². The predicted octanol–water partition coefficient (Wildman–Crippen LogP) is 3.87. The van der Waals surface area contributed by atoms with Gasteiger partial charge in [0.2, 0.25) is 0 Å². The molecule has 2 aromatic rings. The summed E-state index contributed by atoms with van der Waals surface area (Å²) in [5, 5.41) is 3.45. The second kappa shape index (κ2) is 6.77. The third kappa shape index (κ3) is 4.08. The molecule has 1 unspecified atom stereocenters. The molecule has 21 heavy (non-hydrogen) atoms. The van der Waals surface area contributed by atoms with Gasteiger partial charge in [0.15, 0.2) is 0 Å². The normalized spacial score (nSPS) is 12.2. The molecule has 2 aromatic carbocycles. The number of aryl methyl sites for hydroxylation is 2. The van der Waals surface area contributed by atoms with Crippen LogP contribution in [-0.4, -0.2) is 21.1 Å². The molecule has 0 heterocycles. The zero-order valence-corrected chi connectivity index (χ0v) is 13.8. The van der Waals surface area contributed by atoms with Crippen LogP contribution in [0.4, 0.5) is 5.69 Å². The maximum Gasteiger partial charge on any atom is 0.0364 e. The molecular weight excluding hydrogens is 256 g/mol.